The molecule has 0 spiro atoms. The lowest BCUT2D eigenvalue weighted by Gasteiger charge is -2.50. The molecule has 1 N–H and O–H groups in total. The average Bonchev–Trinajstić information content (AvgIpc) is 2.40. The summed E-state index contributed by atoms with van der Waals surface area (Å²) in [6.07, 6.45) is 5.48. The molecule has 122 valence electrons. The van der Waals surface area contributed by atoms with E-state index in [4.69, 9.17) is 0 Å². The molecule has 0 aromatic heterocycles. The number of piperidine rings is 2. The fourth-order valence-corrected chi connectivity index (χ4v) is 4.10. The third kappa shape index (κ3) is 3.41. The second-order valence-corrected chi connectivity index (χ2v) is 6.74. The third-order valence-corrected chi connectivity index (χ3v) is 5.11. The minimum Gasteiger partial charge on any atom is -0.435 e. The molecule has 2 saturated heterocycles. The van der Waals surface area contributed by atoms with Crippen molar-refractivity contribution in [1.29, 1.82) is 0 Å². The van der Waals surface area contributed by atoms with E-state index < -0.39 is 12.2 Å². The van der Waals surface area contributed by atoms with Crippen LogP contribution in [0.25, 0.3) is 0 Å². The van der Waals surface area contributed by atoms with Crippen molar-refractivity contribution < 1.29 is 18.6 Å². The van der Waals surface area contributed by atoms with Gasteiger partial charge in [-0.05, 0) is 50.4 Å². The van der Waals surface area contributed by atoms with Crippen molar-refractivity contribution in [3.05, 3.63) is 29.8 Å². The molecule has 1 aromatic rings. The Kier molecular flexibility index (Phi) is 4.37. The molecule has 3 rings (SSSR count). The normalized spacial score (nSPS) is 32.2. The van der Waals surface area contributed by atoms with Gasteiger partial charge in [-0.15, -0.1) is 0 Å². The van der Waals surface area contributed by atoms with Gasteiger partial charge in [0.25, 0.3) is 0 Å². The van der Waals surface area contributed by atoms with Gasteiger partial charge in [-0.3, -0.25) is 0 Å². The highest BCUT2D eigenvalue weighted by Gasteiger charge is 2.43. The van der Waals surface area contributed by atoms with E-state index in [0.717, 1.165) is 31.2 Å². The van der Waals surface area contributed by atoms with Crippen molar-refractivity contribution in [2.45, 2.75) is 62.8 Å². The Bertz CT molecular complexity index is 509. The molecule has 22 heavy (non-hydrogen) atoms. The summed E-state index contributed by atoms with van der Waals surface area (Å²) in [5, 5.41) is 11.0. The molecule has 0 amide bonds. The van der Waals surface area contributed by atoms with Gasteiger partial charge < -0.3 is 14.7 Å². The highest BCUT2D eigenvalue weighted by molar-refractivity contribution is 5.30. The number of rotatable bonds is 4. The molecule has 2 atom stereocenters. The lowest BCUT2D eigenvalue weighted by molar-refractivity contribution is -0.0820. The third-order valence-electron chi connectivity index (χ3n) is 5.11. The topological polar surface area (TPSA) is 32.7 Å². The van der Waals surface area contributed by atoms with E-state index in [-0.39, 0.29) is 5.75 Å². The van der Waals surface area contributed by atoms with Crippen LogP contribution in [-0.2, 0) is 6.42 Å². The van der Waals surface area contributed by atoms with Crippen molar-refractivity contribution in [3.63, 3.8) is 0 Å². The lowest BCUT2D eigenvalue weighted by atomic mass is 9.73. The maximum atomic E-state index is 12.3. The number of aliphatic hydroxyl groups is 1. The number of ether oxygens (including phenoxy) is 1. The number of fused-ring (bicyclic) bond motifs is 2. The molecule has 2 fully saturated rings. The largest absolute Gasteiger partial charge is 0.435 e. The highest BCUT2D eigenvalue weighted by Crippen LogP contribution is 2.40. The number of halogens is 2. The monoisotopic (exact) mass is 311 g/mol. The van der Waals surface area contributed by atoms with E-state index in [0.29, 0.717) is 18.5 Å². The van der Waals surface area contributed by atoms with Crippen LogP contribution in [0, 0.1) is 0 Å². The Morgan fingerprint density at radius 3 is 2.64 bits per heavy atom. The van der Waals surface area contributed by atoms with Crippen LogP contribution in [0.3, 0.4) is 0 Å². The van der Waals surface area contributed by atoms with Crippen molar-refractivity contribution in [1.82, 2.24) is 4.90 Å². The zero-order chi connectivity index (χ0) is 15.7. The maximum absolute atomic E-state index is 12.3. The van der Waals surface area contributed by atoms with Crippen molar-refractivity contribution in [2.75, 3.05) is 7.05 Å². The zero-order valence-electron chi connectivity index (χ0n) is 12.8. The summed E-state index contributed by atoms with van der Waals surface area (Å²) < 4.78 is 29.1. The second kappa shape index (κ2) is 6.13. The van der Waals surface area contributed by atoms with E-state index in [1.807, 2.05) is 6.07 Å². The first kappa shape index (κ1) is 15.7. The second-order valence-electron chi connectivity index (χ2n) is 6.74. The summed E-state index contributed by atoms with van der Waals surface area (Å²) in [6, 6.07) is 7.55. The molecular formula is C17H23F2NO2. The Balaban J connectivity index is 1.72. The Morgan fingerprint density at radius 1 is 1.32 bits per heavy atom. The van der Waals surface area contributed by atoms with E-state index in [9.17, 15) is 13.9 Å². The molecule has 2 heterocycles. The lowest BCUT2D eigenvalue weighted by Crippen LogP contribution is -2.57. The molecule has 0 radical (unpaired) electrons. The van der Waals surface area contributed by atoms with Crippen LogP contribution >= 0.6 is 0 Å². The Labute approximate surface area is 129 Å². The molecule has 2 unspecified atom stereocenters. The predicted molar refractivity (Wildman–Crippen MR) is 80.2 cm³/mol. The number of hydrogen-bond acceptors (Lipinski definition) is 3. The number of hydrogen-bond donors (Lipinski definition) is 1. The minimum absolute atomic E-state index is 0.157. The van der Waals surface area contributed by atoms with Gasteiger partial charge in [0, 0.05) is 18.5 Å². The first-order valence-electron chi connectivity index (χ1n) is 7.93. The van der Waals surface area contributed by atoms with E-state index in [1.165, 1.54) is 12.5 Å². The van der Waals surface area contributed by atoms with Crippen molar-refractivity contribution in [3.8, 4) is 5.75 Å². The summed E-state index contributed by atoms with van der Waals surface area (Å²) in [6.45, 7) is -2.82. The predicted octanol–water partition coefficient (Wildman–Crippen LogP) is 3.21. The molecule has 3 nitrogen and oxygen atoms in total. The molecule has 5 heteroatoms. The molecule has 2 bridgehead atoms. The fourth-order valence-electron chi connectivity index (χ4n) is 4.10. The van der Waals surface area contributed by atoms with Gasteiger partial charge in [0.2, 0.25) is 0 Å². The van der Waals surface area contributed by atoms with Crippen molar-refractivity contribution >= 4 is 0 Å². The molecule has 2 aliphatic heterocycles. The van der Waals surface area contributed by atoms with Gasteiger partial charge >= 0.3 is 6.61 Å². The van der Waals surface area contributed by atoms with Crippen LogP contribution in [0.4, 0.5) is 8.78 Å². The first-order chi connectivity index (χ1) is 10.5. The fraction of sp³-hybridized carbons (Fsp3) is 0.647. The van der Waals surface area contributed by atoms with E-state index >= 15 is 0 Å². The van der Waals surface area contributed by atoms with Crippen LogP contribution < -0.4 is 4.74 Å². The van der Waals surface area contributed by atoms with Gasteiger partial charge in [0.15, 0.2) is 0 Å². The van der Waals surface area contributed by atoms with Gasteiger partial charge in [0.1, 0.15) is 5.75 Å². The van der Waals surface area contributed by atoms with Gasteiger partial charge in [-0.1, -0.05) is 18.6 Å². The van der Waals surface area contributed by atoms with Gasteiger partial charge in [0.05, 0.1) is 5.60 Å². The first-order valence-corrected chi connectivity index (χ1v) is 7.93. The maximum Gasteiger partial charge on any atom is 0.387 e. The summed E-state index contributed by atoms with van der Waals surface area (Å²) in [5.41, 5.74) is 0.106. The number of alkyl halides is 2. The SMILES string of the molecule is CN1C2CCCC1CC(O)(Cc1cccc(OC(F)F)c1)C2. The van der Waals surface area contributed by atoms with Crippen LogP contribution in [0.1, 0.15) is 37.7 Å². The van der Waals surface area contributed by atoms with Crippen LogP contribution in [0.15, 0.2) is 24.3 Å². The number of benzene rings is 1. The molecule has 0 saturated carbocycles. The van der Waals surface area contributed by atoms with E-state index in [1.54, 1.807) is 12.1 Å². The minimum atomic E-state index is -2.82. The zero-order valence-corrected chi connectivity index (χ0v) is 12.8. The molecule has 2 aliphatic rings. The van der Waals surface area contributed by atoms with Crippen LogP contribution in [0.5, 0.6) is 5.75 Å². The van der Waals surface area contributed by atoms with E-state index in [2.05, 4.69) is 16.7 Å². The van der Waals surface area contributed by atoms with Gasteiger partial charge in [-0.25, -0.2) is 0 Å². The molecular weight excluding hydrogens is 288 g/mol. The highest BCUT2D eigenvalue weighted by atomic mass is 19.3. The quantitative estimate of drug-likeness (QED) is 0.927. The Morgan fingerprint density at radius 2 is 2.00 bits per heavy atom. The van der Waals surface area contributed by atoms with Crippen molar-refractivity contribution in [2.24, 2.45) is 0 Å². The van der Waals surface area contributed by atoms with Gasteiger partial charge in [-0.2, -0.15) is 8.78 Å². The summed E-state index contributed by atoms with van der Waals surface area (Å²) in [5.74, 6) is 0.157. The Hall–Kier alpha value is -1.20. The summed E-state index contributed by atoms with van der Waals surface area (Å²) in [7, 11) is 2.14. The van der Waals surface area contributed by atoms with Crippen LogP contribution in [0.2, 0.25) is 0 Å². The summed E-state index contributed by atoms with van der Waals surface area (Å²) >= 11 is 0. The smallest absolute Gasteiger partial charge is 0.387 e. The average molecular weight is 311 g/mol. The standard InChI is InChI=1S/C17H23F2NO2/c1-20-13-5-3-6-14(20)11-17(21,10-13)9-12-4-2-7-15(8-12)22-16(18)19/h2,4,7-8,13-14,16,21H,3,5-6,9-11H2,1H3. The molecule has 1 aromatic carbocycles. The molecule has 0 aliphatic carbocycles. The number of nitrogens with zero attached hydrogens (tertiary/aromatic N) is 1. The van der Waals surface area contributed by atoms with Crippen LogP contribution in [-0.4, -0.2) is 41.4 Å². The summed E-state index contributed by atoms with van der Waals surface area (Å²) in [4.78, 5) is 2.40.